The molecule has 0 bridgehead atoms. The molecule has 0 saturated heterocycles. The van der Waals surface area contributed by atoms with E-state index < -0.39 is 32.5 Å². The number of allylic oxidation sites excluding steroid dienone is 4. The Morgan fingerprint density at radius 1 is 0.824 bits per heavy atom. The zero-order chi connectivity index (χ0) is 25.5. The van der Waals surface area contributed by atoms with E-state index >= 15 is 0 Å². The van der Waals surface area contributed by atoms with Gasteiger partial charge in [0, 0.05) is 13.3 Å². The first-order valence-corrected chi connectivity index (χ1v) is 14.1. The van der Waals surface area contributed by atoms with Crippen LogP contribution in [0.2, 0.25) is 0 Å². The quantitative estimate of drug-likeness (QED) is 0.0778. The molecule has 1 atom stereocenters. The second-order valence-corrected chi connectivity index (χ2v) is 9.63. The predicted octanol–water partition coefficient (Wildman–Crippen LogP) is 6.16. The van der Waals surface area contributed by atoms with Crippen molar-refractivity contribution >= 4 is 19.8 Å². The predicted molar refractivity (Wildman–Crippen MR) is 133 cm³/mol. The topological polar surface area (TPSA) is 119 Å². The molecule has 0 saturated carbocycles. The van der Waals surface area contributed by atoms with Crippen molar-refractivity contribution in [1.82, 2.24) is 0 Å². The van der Waals surface area contributed by atoms with Crippen LogP contribution in [0.15, 0.2) is 24.3 Å². The van der Waals surface area contributed by atoms with E-state index in [9.17, 15) is 14.2 Å². The number of phosphoric acid groups is 1. The minimum absolute atomic E-state index is 0.199. The van der Waals surface area contributed by atoms with E-state index in [1.165, 1.54) is 51.9 Å². The number of ether oxygens (including phenoxy) is 2. The second kappa shape index (κ2) is 22.0. The van der Waals surface area contributed by atoms with Crippen molar-refractivity contribution in [1.29, 1.82) is 0 Å². The number of hydrogen-bond acceptors (Lipinski definition) is 6. The average molecular weight is 505 g/mol. The maximum Gasteiger partial charge on any atom is 0.469 e. The lowest BCUT2D eigenvalue weighted by molar-refractivity contribution is -0.160. The van der Waals surface area contributed by atoms with Crippen LogP contribution in [0.25, 0.3) is 0 Å². The van der Waals surface area contributed by atoms with Crippen molar-refractivity contribution in [2.24, 2.45) is 0 Å². The summed E-state index contributed by atoms with van der Waals surface area (Å²) in [4.78, 5) is 40.4. The standard InChI is InChI=1S/C25H45O8P/c1-3-4-5-6-7-8-9-10-11-12-13-14-15-16-17-18-19-20-25(27)33-24(21-31-23(2)26)22-32-34(28,29)30/h7-8,10-11,24H,3-6,9,12-22H2,1-2H3,(H2,28,29,30)/b8-7-,11-10-. The summed E-state index contributed by atoms with van der Waals surface area (Å²) in [6.45, 7) is 2.55. The average Bonchev–Trinajstić information content (AvgIpc) is 2.77. The first kappa shape index (κ1) is 32.5. The highest BCUT2D eigenvalue weighted by Crippen LogP contribution is 2.35. The third kappa shape index (κ3) is 25.2. The number of carbonyl (C=O) groups excluding carboxylic acids is 2. The number of phosphoric ester groups is 1. The molecule has 0 aliphatic rings. The third-order valence-electron chi connectivity index (χ3n) is 5.03. The molecule has 0 radical (unpaired) electrons. The molecule has 2 N–H and O–H groups in total. The molecule has 0 aliphatic carbocycles. The van der Waals surface area contributed by atoms with Gasteiger partial charge in [0.1, 0.15) is 6.61 Å². The molecule has 8 nitrogen and oxygen atoms in total. The van der Waals surface area contributed by atoms with E-state index in [1.807, 2.05) is 0 Å². The summed E-state index contributed by atoms with van der Waals surface area (Å²) < 4.78 is 25.1. The first-order chi connectivity index (χ1) is 16.2. The minimum atomic E-state index is -4.70. The Balaban J connectivity index is 3.72. The maximum atomic E-state index is 12.0. The zero-order valence-electron chi connectivity index (χ0n) is 21.0. The van der Waals surface area contributed by atoms with E-state index in [2.05, 4.69) is 35.8 Å². The summed E-state index contributed by atoms with van der Waals surface area (Å²) in [7, 11) is -4.70. The Morgan fingerprint density at radius 3 is 1.94 bits per heavy atom. The minimum Gasteiger partial charge on any atom is -0.462 e. The second-order valence-electron chi connectivity index (χ2n) is 8.39. The summed E-state index contributed by atoms with van der Waals surface area (Å²) >= 11 is 0. The number of esters is 2. The van der Waals surface area contributed by atoms with Crippen LogP contribution in [-0.2, 0) is 28.2 Å². The maximum absolute atomic E-state index is 12.0. The zero-order valence-corrected chi connectivity index (χ0v) is 21.9. The summed E-state index contributed by atoms with van der Waals surface area (Å²) in [5.41, 5.74) is 0. The molecule has 0 aromatic rings. The number of rotatable bonds is 22. The summed E-state index contributed by atoms with van der Waals surface area (Å²) in [5.74, 6) is -1.09. The summed E-state index contributed by atoms with van der Waals surface area (Å²) in [5, 5.41) is 0. The van der Waals surface area contributed by atoms with Crippen molar-refractivity contribution in [3.05, 3.63) is 24.3 Å². The van der Waals surface area contributed by atoms with E-state index in [0.29, 0.717) is 6.42 Å². The van der Waals surface area contributed by atoms with Gasteiger partial charge >= 0.3 is 19.8 Å². The summed E-state index contributed by atoms with van der Waals surface area (Å²) in [6, 6.07) is 0. The smallest absolute Gasteiger partial charge is 0.462 e. The van der Waals surface area contributed by atoms with Crippen molar-refractivity contribution in [3.8, 4) is 0 Å². The van der Waals surface area contributed by atoms with Gasteiger partial charge in [0.15, 0.2) is 6.10 Å². The molecular weight excluding hydrogens is 459 g/mol. The lowest BCUT2D eigenvalue weighted by Crippen LogP contribution is -2.29. The number of carbonyl (C=O) groups is 2. The van der Waals surface area contributed by atoms with Crippen LogP contribution >= 0.6 is 7.82 Å². The van der Waals surface area contributed by atoms with Gasteiger partial charge in [-0.05, 0) is 38.5 Å². The van der Waals surface area contributed by atoms with Crippen LogP contribution < -0.4 is 0 Å². The fourth-order valence-electron chi connectivity index (χ4n) is 3.19. The SMILES string of the molecule is CCCCC/C=C\C/C=C\CCCCCCCCCC(=O)OC(COC(C)=O)COP(=O)(O)O. The van der Waals surface area contributed by atoms with Gasteiger partial charge < -0.3 is 19.3 Å². The molecule has 0 heterocycles. The van der Waals surface area contributed by atoms with Gasteiger partial charge in [0.25, 0.3) is 0 Å². The highest BCUT2D eigenvalue weighted by molar-refractivity contribution is 7.46. The fraction of sp³-hybridized carbons (Fsp3) is 0.760. The summed E-state index contributed by atoms with van der Waals surface area (Å²) in [6.07, 6.45) is 22.7. The largest absolute Gasteiger partial charge is 0.469 e. The van der Waals surface area contributed by atoms with E-state index in [1.54, 1.807) is 0 Å². The van der Waals surface area contributed by atoms with Crippen LogP contribution in [0.1, 0.15) is 104 Å². The molecule has 0 aromatic carbocycles. The fourth-order valence-corrected chi connectivity index (χ4v) is 3.55. The third-order valence-corrected chi connectivity index (χ3v) is 5.52. The molecule has 0 aliphatic heterocycles. The van der Waals surface area contributed by atoms with E-state index in [-0.39, 0.29) is 13.0 Å². The molecule has 34 heavy (non-hydrogen) atoms. The monoisotopic (exact) mass is 504 g/mol. The van der Waals surface area contributed by atoms with E-state index in [4.69, 9.17) is 19.3 Å². The lowest BCUT2D eigenvalue weighted by atomic mass is 10.1. The van der Waals surface area contributed by atoms with Crippen LogP contribution in [0.4, 0.5) is 0 Å². The van der Waals surface area contributed by atoms with Gasteiger partial charge in [0.05, 0.1) is 6.61 Å². The molecule has 0 rings (SSSR count). The van der Waals surface area contributed by atoms with Crippen LogP contribution in [0.3, 0.4) is 0 Å². The van der Waals surface area contributed by atoms with Crippen molar-refractivity contribution < 1.29 is 37.9 Å². The Bertz CT molecular complexity index is 626. The molecular formula is C25H45O8P. The van der Waals surface area contributed by atoms with Gasteiger partial charge in [-0.25, -0.2) is 4.57 Å². The van der Waals surface area contributed by atoms with Crippen LogP contribution in [0, 0.1) is 0 Å². The number of hydrogen-bond donors (Lipinski definition) is 2. The van der Waals surface area contributed by atoms with E-state index in [0.717, 1.165) is 32.1 Å². The number of unbranched alkanes of at least 4 members (excludes halogenated alkanes) is 10. The van der Waals surface area contributed by atoms with Crippen molar-refractivity contribution in [2.45, 2.75) is 110 Å². The van der Waals surface area contributed by atoms with Gasteiger partial charge in [-0.2, -0.15) is 0 Å². The van der Waals surface area contributed by atoms with Gasteiger partial charge in [-0.1, -0.05) is 76.2 Å². The van der Waals surface area contributed by atoms with Crippen LogP contribution in [-0.4, -0.2) is 41.0 Å². The molecule has 0 fully saturated rings. The van der Waals surface area contributed by atoms with Gasteiger partial charge in [-0.15, -0.1) is 0 Å². The highest BCUT2D eigenvalue weighted by Gasteiger charge is 2.22. The first-order valence-electron chi connectivity index (χ1n) is 12.6. The lowest BCUT2D eigenvalue weighted by Gasteiger charge is -2.18. The van der Waals surface area contributed by atoms with Crippen LogP contribution in [0.5, 0.6) is 0 Å². The Hall–Kier alpha value is -1.47. The van der Waals surface area contributed by atoms with Gasteiger partial charge in [-0.3, -0.25) is 14.1 Å². The van der Waals surface area contributed by atoms with Gasteiger partial charge in [0.2, 0.25) is 0 Å². The molecule has 1 unspecified atom stereocenters. The van der Waals surface area contributed by atoms with Crippen molar-refractivity contribution in [2.75, 3.05) is 13.2 Å². The molecule has 0 spiro atoms. The Morgan fingerprint density at radius 2 is 1.38 bits per heavy atom. The Labute approximate surface area is 205 Å². The molecule has 0 aromatic heterocycles. The molecule has 198 valence electrons. The highest BCUT2D eigenvalue weighted by atomic mass is 31.2. The molecule has 9 heteroatoms. The Kier molecular flexibility index (Phi) is 21.1. The molecule has 0 amide bonds. The normalized spacial score (nSPS) is 12.9. The van der Waals surface area contributed by atoms with Crippen molar-refractivity contribution in [3.63, 3.8) is 0 Å².